The first kappa shape index (κ1) is 24.4. The molecule has 5 rings (SSSR count). The molecule has 1 fully saturated rings. The van der Waals surface area contributed by atoms with Crippen molar-refractivity contribution in [2.45, 2.75) is 13.0 Å². The van der Waals surface area contributed by atoms with Crippen molar-refractivity contribution in [2.75, 3.05) is 4.90 Å². The molecule has 6 heteroatoms. The Labute approximate surface area is 225 Å². The highest BCUT2D eigenvalue weighted by Gasteiger charge is 2.37. The summed E-state index contributed by atoms with van der Waals surface area (Å²) in [7, 11) is 0. The second kappa shape index (κ2) is 10.8. The number of anilines is 1. The molecule has 0 spiro atoms. The van der Waals surface area contributed by atoms with Crippen LogP contribution in [-0.2, 0) is 0 Å². The van der Waals surface area contributed by atoms with Gasteiger partial charge in [-0.15, -0.1) is 0 Å². The lowest BCUT2D eigenvalue weighted by Gasteiger charge is -2.27. The summed E-state index contributed by atoms with van der Waals surface area (Å²) < 4.78 is 0. The Hall–Kier alpha value is -3.31. The number of halogens is 2. The van der Waals surface area contributed by atoms with Gasteiger partial charge >= 0.3 is 0 Å². The van der Waals surface area contributed by atoms with Crippen molar-refractivity contribution in [1.82, 2.24) is 0 Å². The second-order valence-corrected chi connectivity index (χ2v) is 10.3. The van der Waals surface area contributed by atoms with E-state index in [1.165, 1.54) is 17.3 Å². The van der Waals surface area contributed by atoms with Crippen molar-refractivity contribution in [3.8, 4) is 0 Å². The van der Waals surface area contributed by atoms with Crippen molar-refractivity contribution in [3.63, 3.8) is 0 Å². The van der Waals surface area contributed by atoms with Crippen LogP contribution in [0.25, 0.3) is 6.08 Å². The molecule has 0 bridgehead atoms. The second-order valence-electron chi connectivity index (χ2n) is 8.43. The van der Waals surface area contributed by atoms with Crippen LogP contribution in [0.1, 0.15) is 33.1 Å². The van der Waals surface area contributed by atoms with Crippen LogP contribution in [0.4, 0.5) is 5.69 Å². The minimum atomic E-state index is -0.288. The van der Waals surface area contributed by atoms with Gasteiger partial charge in [0.15, 0.2) is 5.17 Å². The van der Waals surface area contributed by atoms with Gasteiger partial charge in [-0.05, 0) is 72.7 Å². The van der Waals surface area contributed by atoms with Gasteiger partial charge in [0.05, 0.1) is 6.04 Å². The normalized spacial score (nSPS) is 17.6. The van der Waals surface area contributed by atoms with Gasteiger partial charge in [0, 0.05) is 26.2 Å². The minimum absolute atomic E-state index is 0.197. The van der Waals surface area contributed by atoms with E-state index >= 15 is 0 Å². The third kappa shape index (κ3) is 5.41. The van der Waals surface area contributed by atoms with Crippen molar-refractivity contribution in [1.29, 1.82) is 0 Å². The lowest BCUT2D eigenvalue weighted by Crippen LogP contribution is -2.28. The number of aryl methyl sites for hydroxylation is 1. The largest absolute Gasteiger partial charge is 0.308 e. The number of carbonyl (C=O) groups excluding carboxylic acids is 1. The zero-order valence-electron chi connectivity index (χ0n) is 19.4. The number of aliphatic imine (C=N–C) groups is 1. The fraction of sp³-hybridized carbons (Fsp3) is 0.0667. The summed E-state index contributed by atoms with van der Waals surface area (Å²) in [5.74, 6) is -0.288. The standard InChI is InChI=1S/C30H22Cl2N2OS/c1-20-7-9-21(10-8-20)19-27-28(22-11-13-24(31)14-12-22)34(26-17-15-25(32)16-18-26)30(36-27)33-29(35)23-5-3-2-4-6-23/h2-19,28H,1H3/b27-19-,33-30?. The Bertz CT molecular complexity index is 1430. The maximum atomic E-state index is 13.1. The number of benzene rings is 4. The number of nitrogens with zero attached hydrogens (tertiary/aromatic N) is 2. The van der Waals surface area contributed by atoms with E-state index in [-0.39, 0.29) is 11.9 Å². The highest BCUT2D eigenvalue weighted by molar-refractivity contribution is 8.18. The first-order chi connectivity index (χ1) is 17.5. The van der Waals surface area contributed by atoms with Gasteiger partial charge in [-0.2, -0.15) is 4.99 Å². The van der Waals surface area contributed by atoms with Gasteiger partial charge in [-0.1, -0.05) is 95.1 Å². The number of carbonyl (C=O) groups is 1. The summed E-state index contributed by atoms with van der Waals surface area (Å²) in [6.07, 6.45) is 2.15. The predicted molar refractivity (Wildman–Crippen MR) is 153 cm³/mol. The van der Waals surface area contributed by atoms with Crippen LogP contribution in [0.3, 0.4) is 0 Å². The summed E-state index contributed by atoms with van der Waals surface area (Å²) in [6.45, 7) is 2.07. The van der Waals surface area contributed by atoms with E-state index < -0.39 is 0 Å². The van der Waals surface area contributed by atoms with Gasteiger partial charge in [-0.3, -0.25) is 4.79 Å². The van der Waals surface area contributed by atoms with E-state index in [4.69, 9.17) is 23.2 Å². The smallest absolute Gasteiger partial charge is 0.279 e. The van der Waals surface area contributed by atoms with E-state index in [0.29, 0.717) is 20.8 Å². The number of amides is 1. The van der Waals surface area contributed by atoms with E-state index in [9.17, 15) is 4.79 Å². The molecule has 1 amide bonds. The Kier molecular flexibility index (Phi) is 7.28. The van der Waals surface area contributed by atoms with Crippen LogP contribution in [0.15, 0.2) is 113 Å². The van der Waals surface area contributed by atoms with Gasteiger partial charge in [0.25, 0.3) is 5.91 Å². The van der Waals surface area contributed by atoms with Gasteiger partial charge in [0.2, 0.25) is 0 Å². The highest BCUT2D eigenvalue weighted by atomic mass is 35.5. The average Bonchev–Trinajstić information content (AvgIpc) is 3.24. The zero-order chi connectivity index (χ0) is 25.1. The zero-order valence-corrected chi connectivity index (χ0v) is 21.8. The van der Waals surface area contributed by atoms with Crippen LogP contribution in [-0.4, -0.2) is 11.1 Å². The van der Waals surface area contributed by atoms with Crippen LogP contribution >= 0.6 is 35.0 Å². The number of hydrogen-bond donors (Lipinski definition) is 0. The van der Waals surface area contributed by atoms with Crippen molar-refractivity contribution in [2.24, 2.45) is 4.99 Å². The summed E-state index contributed by atoms with van der Waals surface area (Å²) >= 11 is 13.9. The topological polar surface area (TPSA) is 32.7 Å². The fourth-order valence-electron chi connectivity index (χ4n) is 4.01. The summed E-state index contributed by atoms with van der Waals surface area (Å²) in [4.78, 5) is 20.9. The quantitative estimate of drug-likeness (QED) is 0.265. The molecule has 1 unspecified atom stereocenters. The summed E-state index contributed by atoms with van der Waals surface area (Å²) in [5, 5.41) is 1.91. The van der Waals surface area contributed by atoms with Gasteiger partial charge in [0.1, 0.15) is 0 Å². The third-order valence-electron chi connectivity index (χ3n) is 5.84. The van der Waals surface area contributed by atoms with Crippen molar-refractivity contribution >= 4 is 57.8 Å². The van der Waals surface area contributed by atoms with Crippen LogP contribution < -0.4 is 4.90 Å². The third-order valence-corrected chi connectivity index (χ3v) is 7.39. The van der Waals surface area contributed by atoms with E-state index in [2.05, 4.69) is 47.2 Å². The average molecular weight is 529 g/mol. The van der Waals surface area contributed by atoms with Gasteiger partial charge in [-0.25, -0.2) is 0 Å². The molecule has 1 heterocycles. The molecule has 4 aromatic rings. The van der Waals surface area contributed by atoms with Crippen molar-refractivity contribution < 1.29 is 4.79 Å². The lowest BCUT2D eigenvalue weighted by molar-refractivity contribution is 0.100. The SMILES string of the molecule is Cc1ccc(/C=C2\SC(=NC(=O)c3ccccc3)N(c3ccc(Cl)cc3)C2c2ccc(Cl)cc2)cc1. The fourth-order valence-corrected chi connectivity index (χ4v) is 5.46. The first-order valence-electron chi connectivity index (χ1n) is 11.4. The molecule has 1 aliphatic heterocycles. The highest BCUT2D eigenvalue weighted by Crippen LogP contribution is 2.48. The molecule has 1 saturated heterocycles. The molecular weight excluding hydrogens is 507 g/mol. The molecule has 36 heavy (non-hydrogen) atoms. The Balaban J connectivity index is 1.67. The molecule has 4 aromatic carbocycles. The van der Waals surface area contributed by atoms with Crippen molar-refractivity contribution in [3.05, 3.63) is 140 Å². The lowest BCUT2D eigenvalue weighted by atomic mass is 10.0. The maximum absolute atomic E-state index is 13.1. The predicted octanol–water partition coefficient (Wildman–Crippen LogP) is 8.83. The Morgan fingerprint density at radius 1 is 0.833 bits per heavy atom. The molecule has 3 nitrogen and oxygen atoms in total. The molecule has 0 N–H and O–H groups in total. The molecule has 0 aromatic heterocycles. The van der Waals surface area contributed by atoms with E-state index in [0.717, 1.165) is 21.7 Å². The summed E-state index contributed by atoms with van der Waals surface area (Å²) in [6, 6.07) is 32.7. The first-order valence-corrected chi connectivity index (χ1v) is 13.0. The molecule has 178 valence electrons. The van der Waals surface area contributed by atoms with E-state index in [1.54, 1.807) is 12.1 Å². The number of thioether (sulfide) groups is 1. The number of rotatable bonds is 4. The monoisotopic (exact) mass is 528 g/mol. The number of amidine groups is 1. The molecule has 0 aliphatic carbocycles. The number of hydrogen-bond acceptors (Lipinski definition) is 2. The Morgan fingerprint density at radius 2 is 1.44 bits per heavy atom. The van der Waals surface area contributed by atoms with Gasteiger partial charge < -0.3 is 4.90 Å². The molecule has 1 aliphatic rings. The van der Waals surface area contributed by atoms with Crippen LogP contribution in [0.2, 0.25) is 10.0 Å². The Morgan fingerprint density at radius 3 is 2.08 bits per heavy atom. The van der Waals surface area contributed by atoms with Crippen LogP contribution in [0.5, 0.6) is 0 Å². The molecular formula is C30H22Cl2N2OS. The maximum Gasteiger partial charge on any atom is 0.279 e. The molecule has 0 saturated carbocycles. The van der Waals surface area contributed by atoms with E-state index in [1.807, 2.05) is 66.7 Å². The summed E-state index contributed by atoms with van der Waals surface area (Å²) in [5.41, 5.74) is 4.75. The molecule has 0 radical (unpaired) electrons. The minimum Gasteiger partial charge on any atom is -0.308 e. The van der Waals surface area contributed by atoms with Crippen LogP contribution in [0, 0.1) is 6.92 Å². The molecule has 1 atom stereocenters.